The van der Waals surface area contributed by atoms with Crippen LogP contribution in [0.3, 0.4) is 0 Å². The van der Waals surface area contributed by atoms with Crippen LogP contribution in [-0.4, -0.2) is 19.8 Å². The van der Waals surface area contributed by atoms with Crippen molar-refractivity contribution in [3.8, 4) is 0 Å². The van der Waals surface area contributed by atoms with E-state index in [9.17, 15) is 4.79 Å². The molecule has 3 rings (SSSR count). The monoisotopic (exact) mass is 275 g/mol. The highest BCUT2D eigenvalue weighted by atomic mass is 32.1. The first-order chi connectivity index (χ1) is 9.26. The van der Waals surface area contributed by atoms with Gasteiger partial charge in [-0.25, -0.2) is 9.89 Å². The molecular weight excluding hydrogens is 262 g/mol. The number of hydrogen-bond donors (Lipinski definition) is 2. The lowest BCUT2D eigenvalue weighted by molar-refractivity contribution is 0.876. The van der Waals surface area contributed by atoms with E-state index >= 15 is 0 Å². The Morgan fingerprint density at radius 3 is 2.95 bits per heavy atom. The first-order valence-corrected chi connectivity index (χ1v) is 6.84. The van der Waals surface area contributed by atoms with E-state index in [1.807, 2.05) is 6.07 Å². The maximum Gasteiger partial charge on any atom is 0.364 e. The molecule has 6 nitrogen and oxygen atoms in total. The van der Waals surface area contributed by atoms with Crippen LogP contribution in [0.25, 0.3) is 5.65 Å². The highest BCUT2D eigenvalue weighted by molar-refractivity contribution is 7.12. The fraction of sp³-hybridized carbons (Fsp3) is 0.250. The molecule has 3 aromatic rings. The van der Waals surface area contributed by atoms with Crippen molar-refractivity contribution in [1.29, 1.82) is 0 Å². The number of nitrogens with one attached hydrogen (secondary N) is 2. The van der Waals surface area contributed by atoms with Gasteiger partial charge in [-0.3, -0.25) is 0 Å². The Hall–Kier alpha value is -2.15. The first kappa shape index (κ1) is 11.9. The minimum atomic E-state index is -0.331. The minimum absolute atomic E-state index is 0.331. The van der Waals surface area contributed by atoms with E-state index in [0.29, 0.717) is 18.0 Å². The molecule has 0 spiro atoms. The van der Waals surface area contributed by atoms with Crippen molar-refractivity contribution < 1.29 is 0 Å². The quantitative estimate of drug-likeness (QED) is 0.759. The lowest BCUT2D eigenvalue weighted by Crippen LogP contribution is -2.13. The Kier molecular flexibility index (Phi) is 3.04. The Balaban J connectivity index is 1.77. The van der Waals surface area contributed by atoms with Crippen molar-refractivity contribution in [1.82, 2.24) is 19.8 Å². The van der Waals surface area contributed by atoms with Gasteiger partial charge in [-0.2, -0.15) is 9.61 Å². The van der Waals surface area contributed by atoms with Gasteiger partial charge in [0, 0.05) is 9.75 Å². The van der Waals surface area contributed by atoms with Crippen molar-refractivity contribution >= 4 is 22.8 Å². The highest BCUT2D eigenvalue weighted by Crippen LogP contribution is 2.17. The number of rotatable bonds is 4. The van der Waals surface area contributed by atoms with Gasteiger partial charge in [0.15, 0.2) is 5.65 Å². The zero-order valence-electron chi connectivity index (χ0n) is 10.4. The maximum atomic E-state index is 11.4. The number of nitrogens with zero attached hydrogens (tertiary/aromatic N) is 3. The van der Waals surface area contributed by atoms with E-state index in [0.717, 1.165) is 6.42 Å². The normalized spacial score (nSPS) is 11.0. The summed E-state index contributed by atoms with van der Waals surface area (Å²) in [5, 5.41) is 13.6. The molecule has 0 radical (unpaired) electrons. The van der Waals surface area contributed by atoms with Crippen LogP contribution in [-0.2, 0) is 13.0 Å². The molecule has 2 N–H and O–H groups in total. The molecule has 0 saturated heterocycles. The molecule has 0 aliphatic heterocycles. The van der Waals surface area contributed by atoms with Gasteiger partial charge >= 0.3 is 5.69 Å². The molecule has 0 aromatic carbocycles. The number of aromatic amines is 1. The highest BCUT2D eigenvalue weighted by Gasteiger charge is 2.03. The Morgan fingerprint density at radius 1 is 1.32 bits per heavy atom. The summed E-state index contributed by atoms with van der Waals surface area (Å²) in [5.74, 6) is 0.655. The van der Waals surface area contributed by atoms with Crippen molar-refractivity contribution in [2.24, 2.45) is 0 Å². The lowest BCUT2D eigenvalue weighted by Gasteiger charge is -2.03. The van der Waals surface area contributed by atoms with Crippen LogP contribution in [0.2, 0.25) is 0 Å². The minimum Gasteiger partial charge on any atom is -0.364 e. The van der Waals surface area contributed by atoms with Crippen molar-refractivity contribution in [3.63, 3.8) is 0 Å². The Labute approximate surface area is 113 Å². The van der Waals surface area contributed by atoms with Crippen LogP contribution in [0.1, 0.15) is 16.7 Å². The van der Waals surface area contributed by atoms with Crippen molar-refractivity contribution in [2.45, 2.75) is 19.9 Å². The van der Waals surface area contributed by atoms with E-state index in [1.165, 1.54) is 14.3 Å². The summed E-state index contributed by atoms with van der Waals surface area (Å²) in [6.45, 7) is 2.85. The molecule has 0 unspecified atom stereocenters. The molecule has 19 heavy (non-hydrogen) atoms. The summed E-state index contributed by atoms with van der Waals surface area (Å²) in [7, 11) is 0. The van der Waals surface area contributed by atoms with E-state index in [4.69, 9.17) is 0 Å². The average Bonchev–Trinajstić information content (AvgIpc) is 3.04. The number of fused-ring (bicyclic) bond motifs is 1. The van der Waals surface area contributed by atoms with Gasteiger partial charge in [-0.1, -0.05) is 6.92 Å². The molecule has 0 atom stereocenters. The summed E-state index contributed by atoms with van der Waals surface area (Å²) in [6.07, 6.45) is 1.05. The molecule has 0 aliphatic rings. The summed E-state index contributed by atoms with van der Waals surface area (Å²) in [6, 6.07) is 7.81. The topological polar surface area (TPSA) is 75.1 Å². The molecule has 0 amide bonds. The summed E-state index contributed by atoms with van der Waals surface area (Å²) >= 11 is 1.78. The molecule has 0 fully saturated rings. The van der Waals surface area contributed by atoms with Crippen molar-refractivity contribution in [2.75, 3.05) is 5.32 Å². The van der Waals surface area contributed by atoms with Crippen LogP contribution < -0.4 is 11.0 Å². The standard InChI is InChI=1S/C12H13N5OS/c1-2-8-3-4-9(19-8)7-13-10-5-6-11-14-15-12(18)17(11)16-10/h3-6H,2,7H2,1H3,(H,13,16)(H,15,18). The fourth-order valence-electron chi connectivity index (χ4n) is 1.78. The second-order valence-corrected chi connectivity index (χ2v) is 5.35. The van der Waals surface area contributed by atoms with E-state index in [1.54, 1.807) is 17.4 Å². The van der Waals surface area contributed by atoms with Crippen LogP contribution in [0.5, 0.6) is 0 Å². The molecule has 0 bridgehead atoms. The zero-order chi connectivity index (χ0) is 13.2. The van der Waals surface area contributed by atoms with E-state index in [2.05, 4.69) is 39.7 Å². The van der Waals surface area contributed by atoms with E-state index < -0.39 is 0 Å². The van der Waals surface area contributed by atoms with Crippen molar-refractivity contribution in [3.05, 3.63) is 44.5 Å². The van der Waals surface area contributed by atoms with Gasteiger partial charge in [0.05, 0.1) is 6.54 Å². The third-order valence-electron chi connectivity index (χ3n) is 2.78. The molecule has 0 aliphatic carbocycles. The number of anilines is 1. The van der Waals surface area contributed by atoms with Gasteiger partial charge in [0.1, 0.15) is 5.82 Å². The predicted molar refractivity (Wildman–Crippen MR) is 74.6 cm³/mol. The second kappa shape index (κ2) is 4.85. The molecular formula is C12H13N5OS. The number of aromatic nitrogens is 4. The SMILES string of the molecule is CCc1ccc(CNc2ccc3n[nH]c(=O)n3n2)s1. The molecule has 98 valence electrons. The largest absolute Gasteiger partial charge is 0.364 e. The Bertz CT molecular complexity index is 757. The van der Waals surface area contributed by atoms with Crippen LogP contribution in [0, 0.1) is 0 Å². The van der Waals surface area contributed by atoms with Gasteiger partial charge < -0.3 is 5.32 Å². The predicted octanol–water partition coefficient (Wildman–Crippen LogP) is 1.65. The molecule has 3 aromatic heterocycles. The molecule has 3 heterocycles. The molecule has 7 heteroatoms. The fourth-order valence-corrected chi connectivity index (χ4v) is 2.68. The average molecular weight is 275 g/mol. The number of aryl methyl sites for hydroxylation is 1. The van der Waals surface area contributed by atoms with Crippen LogP contribution in [0.4, 0.5) is 5.82 Å². The Morgan fingerprint density at radius 2 is 2.16 bits per heavy atom. The van der Waals surface area contributed by atoms with Gasteiger partial charge in [0.25, 0.3) is 0 Å². The number of thiophene rings is 1. The third-order valence-corrected chi connectivity index (χ3v) is 4.01. The van der Waals surface area contributed by atoms with Gasteiger partial charge in [0.2, 0.25) is 0 Å². The summed E-state index contributed by atoms with van der Waals surface area (Å²) < 4.78 is 1.24. The zero-order valence-corrected chi connectivity index (χ0v) is 11.2. The lowest BCUT2D eigenvalue weighted by atomic mass is 10.3. The van der Waals surface area contributed by atoms with E-state index in [-0.39, 0.29) is 5.69 Å². The number of H-pyrrole nitrogens is 1. The summed E-state index contributed by atoms with van der Waals surface area (Å²) in [5.41, 5.74) is 0.183. The smallest absolute Gasteiger partial charge is 0.364 e. The van der Waals surface area contributed by atoms with Gasteiger partial charge in [-0.15, -0.1) is 16.4 Å². The van der Waals surface area contributed by atoms with Crippen LogP contribution >= 0.6 is 11.3 Å². The second-order valence-electron chi connectivity index (χ2n) is 4.09. The van der Waals surface area contributed by atoms with Gasteiger partial charge in [-0.05, 0) is 30.7 Å². The number of hydrogen-bond acceptors (Lipinski definition) is 5. The maximum absolute atomic E-state index is 11.4. The first-order valence-electron chi connectivity index (χ1n) is 6.02. The third kappa shape index (κ3) is 2.37. The molecule has 0 saturated carbocycles. The van der Waals surface area contributed by atoms with Crippen LogP contribution in [0.15, 0.2) is 29.1 Å². The summed E-state index contributed by atoms with van der Waals surface area (Å²) in [4.78, 5) is 14.0.